The van der Waals surface area contributed by atoms with Gasteiger partial charge in [0.25, 0.3) is 0 Å². The Morgan fingerprint density at radius 2 is 1.86 bits per heavy atom. The van der Waals surface area contributed by atoms with Gasteiger partial charge in [-0.25, -0.2) is 13.8 Å². The fourth-order valence-electron chi connectivity index (χ4n) is 4.34. The highest BCUT2D eigenvalue weighted by Crippen LogP contribution is 2.41. The molecule has 1 aliphatic heterocycles. The third-order valence-corrected chi connectivity index (χ3v) is 6.69. The summed E-state index contributed by atoms with van der Waals surface area (Å²) in [5, 5.41) is 31.1. The summed E-state index contributed by atoms with van der Waals surface area (Å²) in [5.74, 6) is -0.660. The maximum Gasteiger partial charge on any atom is 0.206 e. The first kappa shape index (κ1) is 26.3. The molecule has 1 aliphatic carbocycles. The number of nitrogens with zero attached hydrogens (tertiary/aromatic N) is 2. The number of allylic oxidation sites excluding steroid dienone is 6. The molecule has 0 radical (unpaired) electrons. The molecule has 0 amide bonds. The lowest BCUT2D eigenvalue weighted by Gasteiger charge is -2.31. The van der Waals surface area contributed by atoms with Crippen LogP contribution in [0.3, 0.4) is 0 Å². The molecule has 2 atom stereocenters. The van der Waals surface area contributed by atoms with Gasteiger partial charge in [-0.05, 0) is 69.2 Å². The van der Waals surface area contributed by atoms with Crippen LogP contribution >= 0.6 is 11.6 Å². The average Bonchev–Trinajstić information content (AvgIpc) is 3.24. The lowest BCUT2D eigenvalue weighted by atomic mass is 9.92. The molecule has 9 heteroatoms. The van der Waals surface area contributed by atoms with Crippen LogP contribution in [-0.4, -0.2) is 45.4 Å². The summed E-state index contributed by atoms with van der Waals surface area (Å²) < 4.78 is 35.5. The molecule has 1 aromatic carbocycles. The van der Waals surface area contributed by atoms with Gasteiger partial charge < -0.3 is 24.6 Å². The Bertz CT molecular complexity index is 1280. The van der Waals surface area contributed by atoms with Crippen molar-refractivity contribution in [2.45, 2.75) is 51.4 Å². The highest BCUT2D eigenvalue weighted by molar-refractivity contribution is 6.30. The Morgan fingerprint density at radius 1 is 1.22 bits per heavy atom. The monoisotopic (exact) mass is 518 g/mol. The van der Waals surface area contributed by atoms with Crippen molar-refractivity contribution in [2.24, 2.45) is 0 Å². The van der Waals surface area contributed by atoms with Gasteiger partial charge in [-0.1, -0.05) is 17.7 Å². The van der Waals surface area contributed by atoms with Crippen LogP contribution in [0.5, 0.6) is 0 Å². The van der Waals surface area contributed by atoms with E-state index in [4.69, 9.17) is 16.0 Å². The van der Waals surface area contributed by atoms with E-state index in [1.165, 1.54) is 19.1 Å². The number of aliphatic hydroxyl groups excluding tert-OH is 3. The molecule has 4 rings (SSSR count). The zero-order chi connectivity index (χ0) is 26.4. The summed E-state index contributed by atoms with van der Waals surface area (Å²) in [6.07, 6.45) is 5.98. The van der Waals surface area contributed by atoms with Crippen LogP contribution in [0.2, 0.25) is 5.02 Å². The summed E-state index contributed by atoms with van der Waals surface area (Å²) in [7, 11) is 0. The van der Waals surface area contributed by atoms with Crippen molar-refractivity contribution in [3.8, 4) is 0 Å². The van der Waals surface area contributed by atoms with Gasteiger partial charge in [0.05, 0.1) is 24.2 Å². The minimum Gasteiger partial charge on any atom is -0.439 e. The van der Waals surface area contributed by atoms with E-state index in [2.05, 4.69) is 4.98 Å². The van der Waals surface area contributed by atoms with Crippen molar-refractivity contribution in [1.29, 1.82) is 0 Å². The average molecular weight is 519 g/mol. The Morgan fingerprint density at radius 3 is 2.44 bits per heavy atom. The normalized spacial score (nSPS) is 22.4. The van der Waals surface area contributed by atoms with Crippen molar-refractivity contribution in [2.75, 3.05) is 18.1 Å². The summed E-state index contributed by atoms with van der Waals surface area (Å²) >= 11 is 6.19. The van der Waals surface area contributed by atoms with Crippen LogP contribution in [-0.2, 0) is 5.41 Å². The first-order valence-electron chi connectivity index (χ1n) is 11.5. The summed E-state index contributed by atoms with van der Waals surface area (Å²) in [5.41, 5.74) is 0.0886. The Hall–Kier alpha value is -2.78. The van der Waals surface area contributed by atoms with Gasteiger partial charge in [-0.2, -0.15) is 0 Å². The maximum absolute atomic E-state index is 15.1. The van der Waals surface area contributed by atoms with E-state index in [9.17, 15) is 19.7 Å². The third kappa shape index (κ3) is 4.78. The Balaban J connectivity index is 1.90. The topological polar surface area (TPSA) is 90.0 Å². The van der Waals surface area contributed by atoms with Crippen LogP contribution < -0.4 is 4.90 Å². The number of aryl methyl sites for hydroxylation is 2. The van der Waals surface area contributed by atoms with E-state index in [0.29, 0.717) is 10.6 Å². The zero-order valence-corrected chi connectivity index (χ0v) is 21.3. The largest absolute Gasteiger partial charge is 0.439 e. The van der Waals surface area contributed by atoms with Crippen molar-refractivity contribution in [3.05, 3.63) is 82.0 Å². The van der Waals surface area contributed by atoms with Crippen LogP contribution in [0.1, 0.15) is 48.7 Å². The second-order valence-corrected chi connectivity index (χ2v) is 10.3. The number of oxazole rings is 1. The molecule has 2 aliphatic rings. The van der Waals surface area contributed by atoms with Gasteiger partial charge in [0.1, 0.15) is 23.4 Å². The molecule has 2 heterocycles. The molecule has 2 aromatic rings. The molecule has 0 fully saturated rings. The minimum atomic E-state index is -1.84. The number of alkyl halides is 1. The number of aliphatic hydroxyl groups is 3. The lowest BCUT2D eigenvalue weighted by Crippen LogP contribution is -2.32. The molecule has 0 bridgehead atoms. The molecule has 192 valence electrons. The number of benzene rings is 1. The minimum absolute atomic E-state index is 0.00519. The standard InChI is InChI=1S/C27H29ClF2N2O4/c1-15-9-18(28)10-16(2)23(15)32-12-17(5-6-21(32)35)22-24(19-7-8-27(4,30)11-20(19)29)36-25(31-22)26(3,13-33)14-34/h5-10,12,21,33-35H,11,13-14H2,1-4H3. The molecule has 2 unspecified atom stereocenters. The number of hydrogen-bond donors (Lipinski definition) is 3. The summed E-state index contributed by atoms with van der Waals surface area (Å²) in [6.45, 7) is 5.66. The number of anilines is 1. The van der Waals surface area contributed by atoms with E-state index >= 15 is 4.39 Å². The van der Waals surface area contributed by atoms with Gasteiger partial charge in [-0.15, -0.1) is 0 Å². The van der Waals surface area contributed by atoms with E-state index in [1.54, 1.807) is 42.3 Å². The Labute approximate surface area is 213 Å². The van der Waals surface area contributed by atoms with Crippen LogP contribution in [0, 0.1) is 13.8 Å². The van der Waals surface area contributed by atoms with Crippen molar-refractivity contribution < 1.29 is 28.5 Å². The van der Waals surface area contributed by atoms with E-state index < -0.39 is 42.8 Å². The van der Waals surface area contributed by atoms with E-state index in [1.807, 2.05) is 13.8 Å². The van der Waals surface area contributed by atoms with Gasteiger partial charge >= 0.3 is 0 Å². The molecule has 6 nitrogen and oxygen atoms in total. The van der Waals surface area contributed by atoms with Gasteiger partial charge in [0, 0.05) is 28.9 Å². The predicted octanol–water partition coefficient (Wildman–Crippen LogP) is 5.29. The van der Waals surface area contributed by atoms with E-state index in [0.717, 1.165) is 16.8 Å². The highest BCUT2D eigenvalue weighted by atomic mass is 35.5. The second-order valence-electron chi connectivity index (χ2n) is 9.83. The first-order valence-corrected chi connectivity index (χ1v) is 11.9. The van der Waals surface area contributed by atoms with E-state index in [-0.39, 0.29) is 22.9 Å². The van der Waals surface area contributed by atoms with Crippen molar-refractivity contribution in [1.82, 2.24) is 4.98 Å². The number of hydrogen-bond acceptors (Lipinski definition) is 6. The Kier molecular flexibility index (Phi) is 7.00. The predicted molar refractivity (Wildman–Crippen MR) is 136 cm³/mol. The quantitative estimate of drug-likeness (QED) is 0.481. The number of rotatable bonds is 6. The van der Waals surface area contributed by atoms with Crippen LogP contribution in [0.4, 0.5) is 14.5 Å². The molecular weight excluding hydrogens is 490 g/mol. The molecular formula is C27H29ClF2N2O4. The van der Waals surface area contributed by atoms with Crippen molar-refractivity contribution in [3.63, 3.8) is 0 Å². The van der Waals surface area contributed by atoms with Crippen molar-refractivity contribution >= 4 is 28.4 Å². The van der Waals surface area contributed by atoms with Gasteiger partial charge in [0.2, 0.25) is 5.89 Å². The lowest BCUT2D eigenvalue weighted by molar-refractivity contribution is 0.108. The maximum atomic E-state index is 15.1. The number of aromatic nitrogens is 1. The first-order chi connectivity index (χ1) is 16.9. The molecule has 0 spiro atoms. The van der Waals surface area contributed by atoms with Gasteiger partial charge in [-0.3, -0.25) is 0 Å². The SMILES string of the molecule is Cc1cc(Cl)cc(C)c1N1C=C(c2nc(C(C)(CO)CO)oc2C2=C(F)CC(C)(F)C=C2)C=CC1O. The van der Waals surface area contributed by atoms with Crippen LogP contribution in [0.15, 0.2) is 52.9 Å². The smallest absolute Gasteiger partial charge is 0.206 e. The zero-order valence-electron chi connectivity index (χ0n) is 20.5. The fraction of sp³-hybridized carbons (Fsp3) is 0.370. The fourth-order valence-corrected chi connectivity index (χ4v) is 4.67. The summed E-state index contributed by atoms with van der Waals surface area (Å²) in [4.78, 5) is 6.19. The van der Waals surface area contributed by atoms with Gasteiger partial charge in [0.15, 0.2) is 5.76 Å². The third-order valence-electron chi connectivity index (χ3n) is 6.48. The molecule has 3 N–H and O–H groups in total. The molecule has 1 aromatic heterocycles. The molecule has 36 heavy (non-hydrogen) atoms. The van der Waals surface area contributed by atoms with Crippen LogP contribution in [0.25, 0.3) is 11.1 Å². The molecule has 0 saturated carbocycles. The number of halogens is 3. The summed E-state index contributed by atoms with van der Waals surface area (Å²) in [6, 6.07) is 3.58. The molecule has 0 saturated heterocycles. The highest BCUT2D eigenvalue weighted by Gasteiger charge is 2.36. The second kappa shape index (κ2) is 9.59.